The number of ether oxygens (including phenoxy) is 2. The first-order valence-corrected chi connectivity index (χ1v) is 17.7. The molecule has 4 N–H and O–H groups in total. The summed E-state index contributed by atoms with van der Waals surface area (Å²) >= 11 is 0. The molecule has 0 spiro atoms. The lowest BCUT2D eigenvalue weighted by Crippen LogP contribution is -2.34. The minimum absolute atomic E-state index is 0.0573. The van der Waals surface area contributed by atoms with Gasteiger partial charge in [-0.15, -0.1) is 0 Å². The van der Waals surface area contributed by atoms with Crippen molar-refractivity contribution in [1.29, 1.82) is 0 Å². The third-order valence-electron chi connectivity index (χ3n) is 7.71. The average Bonchev–Trinajstić information content (AvgIpc) is 2.98. The number of amides is 4. The molecular formula is C41H57N5O6. The predicted octanol–water partition coefficient (Wildman–Crippen LogP) is 8.72. The monoisotopic (exact) mass is 715 g/mol. The van der Waals surface area contributed by atoms with Crippen LogP contribution in [0.2, 0.25) is 0 Å². The topological polar surface area (TPSA) is 148 Å². The van der Waals surface area contributed by atoms with Crippen molar-refractivity contribution in [2.45, 2.75) is 118 Å². The van der Waals surface area contributed by atoms with Crippen LogP contribution in [0.15, 0.2) is 54.7 Å². The summed E-state index contributed by atoms with van der Waals surface area (Å²) in [6.45, 7) is 23.6. The number of alkyl carbamates (subject to hydrolysis) is 2. The van der Waals surface area contributed by atoms with Crippen molar-refractivity contribution >= 4 is 35.4 Å². The third kappa shape index (κ3) is 13.3. The van der Waals surface area contributed by atoms with Crippen molar-refractivity contribution in [2.24, 2.45) is 0 Å². The molecule has 0 fully saturated rings. The lowest BCUT2D eigenvalue weighted by Gasteiger charge is -2.22. The van der Waals surface area contributed by atoms with Gasteiger partial charge in [0.1, 0.15) is 11.2 Å². The molecule has 0 radical (unpaired) electrons. The fraction of sp³-hybridized carbons (Fsp3) is 0.488. The van der Waals surface area contributed by atoms with E-state index in [0.29, 0.717) is 17.1 Å². The predicted molar refractivity (Wildman–Crippen MR) is 207 cm³/mol. The number of carbonyl (C=O) groups is 4. The van der Waals surface area contributed by atoms with Crippen molar-refractivity contribution in [3.63, 3.8) is 0 Å². The van der Waals surface area contributed by atoms with E-state index in [1.807, 2.05) is 42.5 Å². The Morgan fingerprint density at radius 1 is 0.577 bits per heavy atom. The molecule has 0 aliphatic carbocycles. The van der Waals surface area contributed by atoms with Crippen LogP contribution in [0.25, 0.3) is 22.4 Å². The molecule has 2 aromatic carbocycles. The van der Waals surface area contributed by atoms with Gasteiger partial charge in [0.2, 0.25) is 11.8 Å². The van der Waals surface area contributed by atoms with E-state index in [4.69, 9.17) is 14.5 Å². The summed E-state index contributed by atoms with van der Waals surface area (Å²) in [4.78, 5) is 54.9. The number of pyridine rings is 1. The van der Waals surface area contributed by atoms with Gasteiger partial charge < -0.3 is 30.7 Å². The molecule has 1 heterocycles. The fourth-order valence-electron chi connectivity index (χ4n) is 5.01. The van der Waals surface area contributed by atoms with E-state index in [9.17, 15) is 19.2 Å². The molecule has 0 bridgehead atoms. The maximum absolute atomic E-state index is 13.0. The molecule has 1 aromatic heterocycles. The number of hydrogen-bond donors (Lipinski definition) is 4. The number of benzene rings is 2. The van der Waals surface area contributed by atoms with Gasteiger partial charge in [-0.05, 0) is 93.8 Å². The second kappa shape index (κ2) is 16.6. The molecular weight excluding hydrogens is 658 g/mol. The number of aromatic nitrogens is 1. The first kappa shape index (κ1) is 41.5. The summed E-state index contributed by atoms with van der Waals surface area (Å²) in [6, 6.07) is 15.7. The van der Waals surface area contributed by atoms with Gasteiger partial charge in [-0.25, -0.2) is 9.59 Å². The first-order chi connectivity index (χ1) is 23.9. The number of carbonyl (C=O) groups excluding carboxylic acids is 4. The highest BCUT2D eigenvalue weighted by atomic mass is 16.6. The van der Waals surface area contributed by atoms with Crippen LogP contribution in [0.4, 0.5) is 21.0 Å². The molecule has 11 nitrogen and oxygen atoms in total. The van der Waals surface area contributed by atoms with Crippen molar-refractivity contribution in [1.82, 2.24) is 15.6 Å². The summed E-state index contributed by atoms with van der Waals surface area (Å²) in [5.41, 5.74) is 4.80. The normalized spacial score (nSPS) is 12.1. The molecule has 282 valence electrons. The smallest absolute Gasteiger partial charge is 0.407 e. The largest absolute Gasteiger partial charge is 0.444 e. The molecule has 0 aliphatic rings. The standard InChI is InChI=1S/C41H57N5O6/c1-38(2,3)27-14-17-32(45-34(47)19-21-42-36(49)51-40(7,8)9)29(23-27)26-13-16-31(44-25-26)30-24-28(39(4,5)6)15-18-33(30)46-35(48)20-22-43-37(50)52-41(10,11)12/h13-18,23-25H,19-22H2,1-12H3,(H,42,49)(H,43,50)(H,45,47)(H,46,48). The summed E-state index contributed by atoms with van der Waals surface area (Å²) < 4.78 is 10.5. The molecule has 11 heteroatoms. The van der Waals surface area contributed by atoms with E-state index in [1.54, 1.807) is 47.7 Å². The highest BCUT2D eigenvalue weighted by Crippen LogP contribution is 2.36. The Morgan fingerprint density at radius 2 is 1.00 bits per heavy atom. The Hall–Kier alpha value is -4.93. The third-order valence-corrected chi connectivity index (χ3v) is 7.71. The van der Waals surface area contributed by atoms with Crippen molar-refractivity contribution in [3.8, 4) is 22.4 Å². The summed E-state index contributed by atoms with van der Waals surface area (Å²) in [5.74, 6) is -0.524. The van der Waals surface area contributed by atoms with E-state index in [2.05, 4.69) is 68.9 Å². The zero-order valence-corrected chi connectivity index (χ0v) is 32.9. The molecule has 3 aromatic rings. The fourth-order valence-corrected chi connectivity index (χ4v) is 5.01. The zero-order valence-electron chi connectivity index (χ0n) is 32.9. The minimum atomic E-state index is -0.633. The molecule has 0 saturated carbocycles. The second-order valence-electron chi connectivity index (χ2n) is 16.9. The molecule has 0 unspecified atom stereocenters. The molecule has 0 saturated heterocycles. The molecule has 3 rings (SSSR count). The molecule has 52 heavy (non-hydrogen) atoms. The Kier molecular flexibility index (Phi) is 13.2. The van der Waals surface area contributed by atoms with Crippen molar-refractivity contribution in [3.05, 3.63) is 65.9 Å². The Balaban J connectivity index is 1.87. The Labute approximate surface area is 309 Å². The van der Waals surface area contributed by atoms with Crippen molar-refractivity contribution < 1.29 is 28.7 Å². The SMILES string of the molecule is CC(C)(C)OC(=O)NCCC(=O)Nc1ccc(C(C)(C)C)cc1-c1ccc(-c2cc(C(C)(C)C)ccc2NC(=O)CCNC(=O)OC(C)(C)C)nc1. The van der Waals surface area contributed by atoms with Crippen LogP contribution in [0.3, 0.4) is 0 Å². The lowest BCUT2D eigenvalue weighted by atomic mass is 9.84. The van der Waals surface area contributed by atoms with E-state index in [0.717, 1.165) is 27.8 Å². The number of rotatable bonds is 10. The van der Waals surface area contributed by atoms with E-state index >= 15 is 0 Å². The maximum atomic E-state index is 13.0. The Morgan fingerprint density at radius 3 is 1.38 bits per heavy atom. The van der Waals surface area contributed by atoms with Crippen LogP contribution in [0.5, 0.6) is 0 Å². The van der Waals surface area contributed by atoms with Crippen LogP contribution >= 0.6 is 0 Å². The van der Waals surface area contributed by atoms with Gasteiger partial charge in [0.15, 0.2) is 0 Å². The minimum Gasteiger partial charge on any atom is -0.444 e. The Bertz CT molecular complexity index is 1610. The molecule has 4 amide bonds. The van der Waals surface area contributed by atoms with Gasteiger partial charge in [-0.2, -0.15) is 0 Å². The summed E-state index contributed by atoms with van der Waals surface area (Å²) in [6.07, 6.45) is 0.726. The van der Waals surface area contributed by atoms with Gasteiger partial charge in [-0.1, -0.05) is 59.7 Å². The van der Waals surface area contributed by atoms with E-state index in [1.165, 1.54) is 0 Å². The molecule has 0 atom stereocenters. The highest BCUT2D eigenvalue weighted by molar-refractivity contribution is 5.97. The van der Waals surface area contributed by atoms with Gasteiger partial charge in [0.25, 0.3) is 0 Å². The quantitative estimate of drug-likeness (QED) is 0.164. The first-order valence-electron chi connectivity index (χ1n) is 17.7. The average molecular weight is 716 g/mol. The van der Waals surface area contributed by atoms with Crippen LogP contribution in [-0.4, -0.2) is 53.3 Å². The lowest BCUT2D eigenvalue weighted by molar-refractivity contribution is -0.116. The van der Waals surface area contributed by atoms with Crippen LogP contribution in [0.1, 0.15) is 107 Å². The number of hydrogen-bond acceptors (Lipinski definition) is 7. The number of anilines is 2. The zero-order chi connectivity index (χ0) is 39.1. The van der Waals surface area contributed by atoms with Crippen LogP contribution in [-0.2, 0) is 29.9 Å². The van der Waals surface area contributed by atoms with Gasteiger partial charge >= 0.3 is 12.2 Å². The van der Waals surface area contributed by atoms with E-state index < -0.39 is 23.4 Å². The van der Waals surface area contributed by atoms with Gasteiger partial charge in [-0.3, -0.25) is 14.6 Å². The van der Waals surface area contributed by atoms with E-state index in [-0.39, 0.29) is 48.6 Å². The van der Waals surface area contributed by atoms with Gasteiger partial charge in [0.05, 0.1) is 11.4 Å². The van der Waals surface area contributed by atoms with Crippen LogP contribution < -0.4 is 21.3 Å². The van der Waals surface area contributed by atoms with Crippen molar-refractivity contribution in [2.75, 3.05) is 23.7 Å². The summed E-state index contributed by atoms with van der Waals surface area (Å²) in [7, 11) is 0. The molecule has 0 aliphatic heterocycles. The van der Waals surface area contributed by atoms with Gasteiger partial charge in [0, 0.05) is 54.5 Å². The highest BCUT2D eigenvalue weighted by Gasteiger charge is 2.21. The second-order valence-corrected chi connectivity index (χ2v) is 16.9. The number of nitrogens with one attached hydrogen (secondary N) is 4. The maximum Gasteiger partial charge on any atom is 0.407 e. The summed E-state index contributed by atoms with van der Waals surface area (Å²) in [5, 5.41) is 11.2. The number of nitrogens with zero attached hydrogens (tertiary/aromatic N) is 1. The van der Waals surface area contributed by atoms with Crippen LogP contribution in [0, 0.1) is 0 Å².